The molecule has 1 aromatic rings. The maximum Gasteiger partial charge on any atom is 0.119 e. The van der Waals surface area contributed by atoms with Crippen LogP contribution in [-0.2, 0) is 4.74 Å². The van der Waals surface area contributed by atoms with Gasteiger partial charge in [0.15, 0.2) is 0 Å². The van der Waals surface area contributed by atoms with E-state index in [1.165, 1.54) is 18.4 Å². The number of nitrogens with one attached hydrogen (secondary N) is 1. The number of rotatable bonds is 8. The lowest BCUT2D eigenvalue weighted by molar-refractivity contribution is -0.0291. The van der Waals surface area contributed by atoms with Crippen LogP contribution < -0.4 is 16.0 Å². The highest BCUT2D eigenvalue weighted by molar-refractivity contribution is 5.29. The van der Waals surface area contributed by atoms with E-state index in [0.717, 1.165) is 31.6 Å². The molecule has 4 heteroatoms. The van der Waals surface area contributed by atoms with Gasteiger partial charge in [0.2, 0.25) is 0 Å². The monoisotopic (exact) mass is 290 g/mol. The predicted octanol–water partition coefficient (Wildman–Crippen LogP) is 2.94. The van der Waals surface area contributed by atoms with Crippen LogP contribution in [0.3, 0.4) is 0 Å². The van der Waals surface area contributed by atoms with Gasteiger partial charge in [0.25, 0.3) is 0 Å². The quantitative estimate of drug-likeness (QED) is 0.571. The van der Waals surface area contributed by atoms with E-state index in [1.54, 1.807) is 0 Å². The summed E-state index contributed by atoms with van der Waals surface area (Å²) in [5.41, 5.74) is 4.19. The molecular formula is C17H26N2O2. The van der Waals surface area contributed by atoms with E-state index < -0.39 is 0 Å². The number of benzene rings is 1. The van der Waals surface area contributed by atoms with Crippen LogP contribution in [0.15, 0.2) is 24.3 Å². The fourth-order valence-corrected chi connectivity index (χ4v) is 3.03. The molecular weight excluding hydrogens is 264 g/mol. The standard InChI is InChI=1S/C17H26N2O2/c1-2-20-16-9-12(10-16)11-17(19-18)13-3-5-14(6-4-13)21-15-7-8-15/h3-6,12,15-17,19H,2,7-11,18H2,1H3. The molecule has 0 aliphatic heterocycles. The SMILES string of the molecule is CCOC1CC(CC(NN)c2ccc(OC3CC3)cc2)C1. The maximum atomic E-state index is 5.78. The number of nitrogens with two attached hydrogens (primary N) is 1. The van der Waals surface area contributed by atoms with Gasteiger partial charge in [-0.1, -0.05) is 12.1 Å². The first-order valence-electron chi connectivity index (χ1n) is 8.12. The molecule has 0 aromatic heterocycles. The van der Waals surface area contributed by atoms with Gasteiger partial charge in [0.1, 0.15) is 5.75 Å². The molecule has 0 radical (unpaired) electrons. The van der Waals surface area contributed by atoms with Crippen molar-refractivity contribution in [3.05, 3.63) is 29.8 Å². The molecule has 21 heavy (non-hydrogen) atoms. The Kier molecular flexibility index (Phi) is 4.78. The summed E-state index contributed by atoms with van der Waals surface area (Å²) < 4.78 is 11.4. The van der Waals surface area contributed by atoms with Gasteiger partial charge >= 0.3 is 0 Å². The fraction of sp³-hybridized carbons (Fsp3) is 0.647. The summed E-state index contributed by atoms with van der Waals surface area (Å²) in [6.45, 7) is 2.88. The molecule has 4 nitrogen and oxygen atoms in total. The van der Waals surface area contributed by atoms with Gasteiger partial charge in [-0.05, 0) is 62.6 Å². The molecule has 2 aliphatic rings. The molecule has 0 amide bonds. The summed E-state index contributed by atoms with van der Waals surface area (Å²) in [5, 5.41) is 0. The van der Waals surface area contributed by atoms with Crippen LogP contribution in [0.2, 0.25) is 0 Å². The zero-order chi connectivity index (χ0) is 14.7. The van der Waals surface area contributed by atoms with E-state index in [2.05, 4.69) is 36.6 Å². The van der Waals surface area contributed by atoms with Crippen LogP contribution in [0.25, 0.3) is 0 Å². The zero-order valence-corrected chi connectivity index (χ0v) is 12.8. The van der Waals surface area contributed by atoms with Crippen LogP contribution in [0.4, 0.5) is 0 Å². The number of hydrogen-bond donors (Lipinski definition) is 2. The number of hydrogen-bond acceptors (Lipinski definition) is 4. The van der Waals surface area contributed by atoms with Gasteiger partial charge in [-0.3, -0.25) is 11.3 Å². The first-order valence-corrected chi connectivity index (χ1v) is 8.12. The Balaban J connectivity index is 1.50. The van der Waals surface area contributed by atoms with E-state index >= 15 is 0 Å². The summed E-state index contributed by atoms with van der Waals surface area (Å²) in [6.07, 6.45) is 6.69. The molecule has 0 heterocycles. The van der Waals surface area contributed by atoms with Crippen molar-refractivity contribution in [1.82, 2.24) is 5.43 Å². The van der Waals surface area contributed by atoms with Crippen LogP contribution in [0.5, 0.6) is 5.75 Å². The summed E-state index contributed by atoms with van der Waals surface area (Å²) in [5.74, 6) is 7.42. The highest BCUT2D eigenvalue weighted by atomic mass is 16.5. The van der Waals surface area contributed by atoms with Gasteiger partial charge in [-0.25, -0.2) is 0 Å². The lowest BCUT2D eigenvalue weighted by Gasteiger charge is -2.37. The molecule has 3 rings (SSSR count). The van der Waals surface area contributed by atoms with Gasteiger partial charge in [0.05, 0.1) is 12.2 Å². The van der Waals surface area contributed by atoms with Crippen LogP contribution in [0, 0.1) is 5.92 Å². The van der Waals surface area contributed by atoms with Crippen molar-refractivity contribution in [3.8, 4) is 5.75 Å². The highest BCUT2D eigenvalue weighted by Crippen LogP contribution is 2.37. The largest absolute Gasteiger partial charge is 0.490 e. The average Bonchev–Trinajstić information content (AvgIpc) is 3.26. The molecule has 0 saturated heterocycles. The van der Waals surface area contributed by atoms with Crippen LogP contribution >= 0.6 is 0 Å². The molecule has 0 spiro atoms. The Bertz CT molecular complexity index is 439. The minimum Gasteiger partial charge on any atom is -0.490 e. The summed E-state index contributed by atoms with van der Waals surface area (Å²) >= 11 is 0. The van der Waals surface area contributed by atoms with Crippen molar-refractivity contribution >= 4 is 0 Å². The Morgan fingerprint density at radius 3 is 2.48 bits per heavy atom. The fourth-order valence-electron chi connectivity index (χ4n) is 3.03. The minimum absolute atomic E-state index is 0.215. The summed E-state index contributed by atoms with van der Waals surface area (Å²) in [6, 6.07) is 8.58. The lowest BCUT2D eigenvalue weighted by Crippen LogP contribution is -2.36. The van der Waals surface area contributed by atoms with Gasteiger partial charge in [0, 0.05) is 12.6 Å². The third kappa shape index (κ3) is 3.96. The topological polar surface area (TPSA) is 56.5 Å². The summed E-state index contributed by atoms with van der Waals surface area (Å²) in [7, 11) is 0. The molecule has 0 bridgehead atoms. The zero-order valence-electron chi connectivity index (χ0n) is 12.8. The van der Waals surface area contributed by atoms with E-state index in [-0.39, 0.29) is 6.04 Å². The minimum atomic E-state index is 0.215. The smallest absolute Gasteiger partial charge is 0.119 e. The van der Waals surface area contributed by atoms with Crippen molar-refractivity contribution in [2.24, 2.45) is 11.8 Å². The molecule has 1 atom stereocenters. The Morgan fingerprint density at radius 2 is 1.90 bits per heavy atom. The normalized spacial score (nSPS) is 26.2. The van der Waals surface area contributed by atoms with Crippen molar-refractivity contribution in [2.75, 3.05) is 6.61 Å². The third-order valence-electron chi connectivity index (χ3n) is 4.47. The summed E-state index contributed by atoms with van der Waals surface area (Å²) in [4.78, 5) is 0. The first kappa shape index (κ1) is 14.8. The average molecular weight is 290 g/mol. The van der Waals surface area contributed by atoms with Crippen LogP contribution in [0.1, 0.15) is 50.6 Å². The van der Waals surface area contributed by atoms with Gasteiger partial charge in [-0.2, -0.15) is 0 Å². The maximum absolute atomic E-state index is 5.78. The number of hydrazine groups is 1. The van der Waals surface area contributed by atoms with E-state index in [1.807, 2.05) is 0 Å². The molecule has 116 valence electrons. The van der Waals surface area contributed by atoms with Crippen molar-refractivity contribution in [3.63, 3.8) is 0 Å². The van der Waals surface area contributed by atoms with Crippen molar-refractivity contribution in [1.29, 1.82) is 0 Å². The Morgan fingerprint density at radius 1 is 1.19 bits per heavy atom. The number of ether oxygens (including phenoxy) is 2. The van der Waals surface area contributed by atoms with E-state index in [4.69, 9.17) is 15.3 Å². The molecule has 3 N–H and O–H groups in total. The molecule has 2 fully saturated rings. The van der Waals surface area contributed by atoms with E-state index in [0.29, 0.717) is 18.1 Å². The van der Waals surface area contributed by atoms with Crippen molar-refractivity contribution < 1.29 is 9.47 Å². The Hall–Kier alpha value is -1.10. The first-order chi connectivity index (χ1) is 10.3. The molecule has 2 saturated carbocycles. The second-order valence-electron chi connectivity index (χ2n) is 6.26. The second-order valence-corrected chi connectivity index (χ2v) is 6.26. The molecule has 1 unspecified atom stereocenters. The van der Waals surface area contributed by atoms with Crippen molar-refractivity contribution in [2.45, 2.75) is 57.3 Å². The van der Waals surface area contributed by atoms with Gasteiger partial charge < -0.3 is 9.47 Å². The molecule has 2 aliphatic carbocycles. The van der Waals surface area contributed by atoms with Crippen LogP contribution in [-0.4, -0.2) is 18.8 Å². The third-order valence-corrected chi connectivity index (χ3v) is 4.47. The predicted molar refractivity (Wildman–Crippen MR) is 82.9 cm³/mol. The lowest BCUT2D eigenvalue weighted by atomic mass is 9.77. The van der Waals surface area contributed by atoms with Gasteiger partial charge in [-0.15, -0.1) is 0 Å². The second kappa shape index (κ2) is 6.77. The van der Waals surface area contributed by atoms with E-state index in [9.17, 15) is 0 Å². The molecule has 1 aromatic carbocycles. The Labute approximate surface area is 127 Å². The highest BCUT2D eigenvalue weighted by Gasteiger charge is 2.31.